The van der Waals surface area contributed by atoms with E-state index >= 15 is 0 Å². The number of amides is 3. The molecule has 0 N–H and O–H groups in total. The van der Waals surface area contributed by atoms with Gasteiger partial charge >= 0.3 is 0 Å². The van der Waals surface area contributed by atoms with Crippen molar-refractivity contribution in [2.75, 3.05) is 13.6 Å². The lowest BCUT2D eigenvalue weighted by Crippen LogP contribution is -2.35. The molecule has 0 unspecified atom stereocenters. The number of likely N-dealkylation sites (tertiary alicyclic amines) is 1. The van der Waals surface area contributed by atoms with E-state index in [1.807, 2.05) is 43.3 Å². The van der Waals surface area contributed by atoms with Crippen LogP contribution in [0.2, 0.25) is 0 Å². The molecule has 126 valence electrons. The molecule has 3 amide bonds. The third kappa shape index (κ3) is 2.65. The zero-order chi connectivity index (χ0) is 17.4. The molecule has 5 nitrogen and oxygen atoms in total. The molecule has 0 aromatic heterocycles. The van der Waals surface area contributed by atoms with Crippen LogP contribution in [0.1, 0.15) is 25.3 Å². The Labute approximate surface area is 145 Å². The van der Waals surface area contributed by atoms with E-state index in [0.717, 1.165) is 10.6 Å². The van der Waals surface area contributed by atoms with Crippen LogP contribution in [0.5, 0.6) is 0 Å². The molecule has 6 heteroatoms. The van der Waals surface area contributed by atoms with Crippen LogP contribution >= 0.6 is 11.8 Å². The summed E-state index contributed by atoms with van der Waals surface area (Å²) in [4.78, 5) is 39.9. The van der Waals surface area contributed by atoms with Gasteiger partial charge in [-0.25, -0.2) is 0 Å². The maximum atomic E-state index is 12.6. The predicted molar refractivity (Wildman–Crippen MR) is 93.0 cm³/mol. The second-order valence-electron chi connectivity index (χ2n) is 6.00. The average Bonchev–Trinajstić information content (AvgIpc) is 2.80. The smallest absolute Gasteiger partial charge is 0.243 e. The highest BCUT2D eigenvalue weighted by Crippen LogP contribution is 2.48. The molecule has 1 aromatic rings. The standard InChI is InChI=1S/C18H20N2O3S/c1-4-20(11(2)21)14-10-13(12-8-6-5-7-9-12)15-16(24-14)18(23)19(3)17(15)22/h5-10,13,15-16H,4H2,1-3H3/t13-,15-,16+/m0/s1. The Bertz CT molecular complexity index is 716. The Hall–Kier alpha value is -2.08. The number of allylic oxidation sites excluding steroid dienone is 1. The average molecular weight is 344 g/mol. The van der Waals surface area contributed by atoms with Crippen molar-refractivity contribution in [2.45, 2.75) is 25.0 Å². The van der Waals surface area contributed by atoms with Crippen molar-refractivity contribution in [1.82, 2.24) is 9.80 Å². The molecule has 2 aliphatic rings. The zero-order valence-corrected chi connectivity index (χ0v) is 14.7. The fourth-order valence-electron chi connectivity index (χ4n) is 3.36. The summed E-state index contributed by atoms with van der Waals surface area (Å²) in [5.74, 6) is -1.01. The first-order valence-electron chi connectivity index (χ1n) is 7.98. The van der Waals surface area contributed by atoms with E-state index in [1.54, 1.807) is 4.90 Å². The number of carbonyl (C=O) groups is 3. The minimum Gasteiger partial charge on any atom is -0.308 e. The van der Waals surface area contributed by atoms with E-state index < -0.39 is 11.2 Å². The van der Waals surface area contributed by atoms with Crippen molar-refractivity contribution < 1.29 is 14.4 Å². The summed E-state index contributed by atoms with van der Waals surface area (Å²) in [6.45, 7) is 3.95. The number of hydrogen-bond acceptors (Lipinski definition) is 4. The van der Waals surface area contributed by atoms with Crippen LogP contribution in [0.3, 0.4) is 0 Å². The molecule has 3 rings (SSSR count). The topological polar surface area (TPSA) is 57.7 Å². The van der Waals surface area contributed by atoms with Gasteiger partial charge in [0.1, 0.15) is 5.25 Å². The second kappa shape index (κ2) is 6.43. The lowest BCUT2D eigenvalue weighted by molar-refractivity contribution is -0.137. The highest BCUT2D eigenvalue weighted by Gasteiger charge is 2.52. The first-order chi connectivity index (χ1) is 11.5. The third-order valence-electron chi connectivity index (χ3n) is 4.62. The molecule has 0 saturated carbocycles. The molecule has 3 atom stereocenters. The molecule has 2 heterocycles. The molecule has 1 fully saturated rings. The normalized spacial score (nSPS) is 26.2. The number of fused-ring (bicyclic) bond motifs is 1. The van der Waals surface area contributed by atoms with Gasteiger partial charge in [-0.05, 0) is 18.6 Å². The summed E-state index contributed by atoms with van der Waals surface area (Å²) >= 11 is 1.33. The van der Waals surface area contributed by atoms with Gasteiger partial charge in [-0.3, -0.25) is 19.3 Å². The van der Waals surface area contributed by atoms with Crippen molar-refractivity contribution >= 4 is 29.5 Å². The van der Waals surface area contributed by atoms with Gasteiger partial charge < -0.3 is 4.90 Å². The van der Waals surface area contributed by atoms with Crippen molar-refractivity contribution in [3.8, 4) is 0 Å². The van der Waals surface area contributed by atoms with E-state index in [-0.39, 0.29) is 23.6 Å². The number of nitrogens with zero attached hydrogens (tertiary/aromatic N) is 2. The number of carbonyl (C=O) groups excluding carboxylic acids is 3. The van der Waals surface area contributed by atoms with Crippen LogP contribution in [0.4, 0.5) is 0 Å². The third-order valence-corrected chi connectivity index (χ3v) is 5.97. The molecule has 0 radical (unpaired) electrons. The van der Waals surface area contributed by atoms with Crippen LogP contribution in [-0.4, -0.2) is 46.4 Å². The monoisotopic (exact) mass is 344 g/mol. The lowest BCUT2D eigenvalue weighted by atomic mass is 9.84. The number of rotatable bonds is 3. The van der Waals surface area contributed by atoms with Gasteiger partial charge in [0.15, 0.2) is 0 Å². The summed E-state index contributed by atoms with van der Waals surface area (Å²) < 4.78 is 0. The van der Waals surface area contributed by atoms with E-state index in [2.05, 4.69) is 0 Å². The largest absolute Gasteiger partial charge is 0.308 e. The zero-order valence-electron chi connectivity index (χ0n) is 13.9. The Morgan fingerprint density at radius 1 is 1.21 bits per heavy atom. The van der Waals surface area contributed by atoms with Crippen LogP contribution in [0.25, 0.3) is 0 Å². The van der Waals surface area contributed by atoms with E-state index in [1.165, 1.54) is 30.6 Å². The Morgan fingerprint density at radius 3 is 2.46 bits per heavy atom. The molecule has 0 bridgehead atoms. The van der Waals surface area contributed by atoms with Crippen molar-refractivity contribution in [3.63, 3.8) is 0 Å². The minimum atomic E-state index is -0.471. The number of imide groups is 1. The summed E-state index contributed by atoms with van der Waals surface area (Å²) in [5.41, 5.74) is 0.987. The van der Waals surface area contributed by atoms with Crippen molar-refractivity contribution in [3.05, 3.63) is 47.0 Å². The molecule has 0 spiro atoms. The molecular formula is C18H20N2O3S. The summed E-state index contributed by atoms with van der Waals surface area (Å²) in [5, 5.41) is 0.289. The Balaban J connectivity index is 2.09. The van der Waals surface area contributed by atoms with Gasteiger partial charge in [-0.2, -0.15) is 0 Å². The summed E-state index contributed by atoms with van der Waals surface area (Å²) in [6, 6.07) is 9.70. The van der Waals surface area contributed by atoms with E-state index in [9.17, 15) is 14.4 Å². The summed E-state index contributed by atoms with van der Waals surface area (Å²) in [6.07, 6.45) is 1.97. The summed E-state index contributed by atoms with van der Waals surface area (Å²) in [7, 11) is 1.54. The Morgan fingerprint density at radius 2 is 1.88 bits per heavy atom. The van der Waals surface area contributed by atoms with Gasteiger partial charge in [0.25, 0.3) is 0 Å². The number of benzene rings is 1. The van der Waals surface area contributed by atoms with Gasteiger partial charge in [-0.1, -0.05) is 42.1 Å². The highest BCUT2D eigenvalue weighted by molar-refractivity contribution is 8.04. The van der Waals surface area contributed by atoms with Crippen LogP contribution in [-0.2, 0) is 14.4 Å². The van der Waals surface area contributed by atoms with Gasteiger partial charge in [0.05, 0.1) is 10.9 Å². The lowest BCUT2D eigenvalue weighted by Gasteiger charge is -2.33. The molecule has 0 aliphatic carbocycles. The molecule has 24 heavy (non-hydrogen) atoms. The maximum absolute atomic E-state index is 12.6. The van der Waals surface area contributed by atoms with E-state index in [4.69, 9.17) is 0 Å². The van der Waals surface area contributed by atoms with Gasteiger partial charge in [-0.15, -0.1) is 0 Å². The van der Waals surface area contributed by atoms with Crippen molar-refractivity contribution in [1.29, 1.82) is 0 Å². The fraction of sp³-hybridized carbons (Fsp3) is 0.389. The first-order valence-corrected chi connectivity index (χ1v) is 8.86. The highest BCUT2D eigenvalue weighted by atomic mass is 32.2. The van der Waals surface area contributed by atoms with E-state index in [0.29, 0.717) is 6.54 Å². The van der Waals surface area contributed by atoms with Crippen molar-refractivity contribution in [2.24, 2.45) is 5.92 Å². The number of hydrogen-bond donors (Lipinski definition) is 0. The van der Waals surface area contributed by atoms with Crippen LogP contribution in [0, 0.1) is 5.92 Å². The van der Waals surface area contributed by atoms with Crippen LogP contribution in [0.15, 0.2) is 41.4 Å². The number of thioether (sulfide) groups is 1. The second-order valence-corrected chi connectivity index (χ2v) is 7.17. The fourth-order valence-corrected chi connectivity index (χ4v) is 4.93. The Kier molecular flexibility index (Phi) is 4.49. The first kappa shape index (κ1) is 16.8. The SMILES string of the molecule is CCN(C(C)=O)C1=C[C@@H](c2ccccc2)[C@@H]2C(=O)N(C)C(=O)[C@@H]2S1. The van der Waals surface area contributed by atoms with Gasteiger partial charge in [0, 0.05) is 26.4 Å². The molecule has 1 aromatic carbocycles. The van der Waals surface area contributed by atoms with Gasteiger partial charge in [0.2, 0.25) is 17.7 Å². The quantitative estimate of drug-likeness (QED) is 0.789. The predicted octanol–water partition coefficient (Wildman–Crippen LogP) is 2.21. The molecule has 1 saturated heterocycles. The molecule has 2 aliphatic heterocycles. The van der Waals surface area contributed by atoms with Crippen LogP contribution < -0.4 is 0 Å². The maximum Gasteiger partial charge on any atom is 0.243 e. The molecular weight excluding hydrogens is 324 g/mol. The minimum absolute atomic E-state index is 0.0633.